The lowest BCUT2D eigenvalue weighted by Crippen LogP contribution is -2.41. The number of aryl methyl sites for hydroxylation is 1. The van der Waals surface area contributed by atoms with Gasteiger partial charge in [0, 0.05) is 24.1 Å². The molecule has 0 amide bonds. The second kappa shape index (κ2) is 10.9. The van der Waals surface area contributed by atoms with Gasteiger partial charge >= 0.3 is 5.97 Å². The Morgan fingerprint density at radius 3 is 2.67 bits per heavy atom. The van der Waals surface area contributed by atoms with E-state index in [4.69, 9.17) is 14.3 Å². The summed E-state index contributed by atoms with van der Waals surface area (Å²) in [6.45, 7) is 4.60. The lowest BCUT2D eigenvalue weighted by molar-refractivity contribution is -0.137. The van der Waals surface area contributed by atoms with E-state index in [0.29, 0.717) is 18.0 Å². The Bertz CT molecular complexity index is 1320. The van der Waals surface area contributed by atoms with Crippen LogP contribution in [0.5, 0.6) is 5.88 Å². The molecule has 186 valence electrons. The second-order valence-corrected chi connectivity index (χ2v) is 9.26. The lowest BCUT2D eigenvalue weighted by atomic mass is 9.98. The van der Waals surface area contributed by atoms with Crippen LogP contribution in [0.1, 0.15) is 38.2 Å². The Labute approximate surface area is 210 Å². The van der Waals surface area contributed by atoms with Gasteiger partial charge in [-0.2, -0.15) is 0 Å². The number of benzene rings is 2. The van der Waals surface area contributed by atoms with Gasteiger partial charge in [-0.15, -0.1) is 0 Å². The van der Waals surface area contributed by atoms with Gasteiger partial charge in [-0.25, -0.2) is 9.97 Å². The van der Waals surface area contributed by atoms with Crippen LogP contribution in [0.15, 0.2) is 65.3 Å². The molecule has 4 aromatic rings. The number of rotatable bonds is 9. The number of hydrogen-bond donors (Lipinski definition) is 1. The Hall–Kier alpha value is -3.71. The van der Waals surface area contributed by atoms with Crippen molar-refractivity contribution in [2.45, 2.75) is 45.1 Å². The predicted octanol–water partition coefficient (Wildman–Crippen LogP) is 5.83. The highest BCUT2D eigenvalue weighted by molar-refractivity contribution is 6.03. The molecular weight excluding hydrogens is 454 g/mol. The number of aromatic nitrogens is 2. The van der Waals surface area contributed by atoms with Crippen molar-refractivity contribution in [3.8, 4) is 28.3 Å². The Morgan fingerprint density at radius 1 is 1.11 bits per heavy atom. The Balaban J connectivity index is 1.50. The molecule has 1 saturated heterocycles. The average molecular weight is 486 g/mol. The van der Waals surface area contributed by atoms with Crippen molar-refractivity contribution in [1.82, 2.24) is 14.9 Å². The molecule has 7 nitrogen and oxygen atoms in total. The molecule has 2 aromatic heterocycles. The molecule has 5 rings (SSSR count). The summed E-state index contributed by atoms with van der Waals surface area (Å²) < 4.78 is 12.8. The smallest absolute Gasteiger partial charge is 0.303 e. The first-order chi connectivity index (χ1) is 17.6. The molecule has 0 bridgehead atoms. The van der Waals surface area contributed by atoms with Gasteiger partial charge in [0.05, 0.1) is 0 Å². The number of hydrogen-bond acceptors (Lipinski definition) is 6. The third-order valence-corrected chi connectivity index (χ3v) is 6.75. The van der Waals surface area contributed by atoms with Gasteiger partial charge in [0.2, 0.25) is 11.6 Å². The largest absolute Gasteiger partial charge is 0.481 e. The molecule has 0 unspecified atom stereocenters. The monoisotopic (exact) mass is 485 g/mol. The highest BCUT2D eigenvalue weighted by Crippen LogP contribution is 2.43. The van der Waals surface area contributed by atoms with E-state index in [1.54, 1.807) is 0 Å². The molecule has 36 heavy (non-hydrogen) atoms. The van der Waals surface area contributed by atoms with Crippen LogP contribution in [0.25, 0.3) is 33.6 Å². The summed E-state index contributed by atoms with van der Waals surface area (Å²) in [6, 6.07) is 18.6. The molecule has 1 aliphatic heterocycles. The van der Waals surface area contributed by atoms with E-state index in [1.807, 2.05) is 30.3 Å². The van der Waals surface area contributed by atoms with E-state index in [2.05, 4.69) is 46.1 Å². The molecule has 1 aliphatic rings. The summed E-state index contributed by atoms with van der Waals surface area (Å²) in [7, 11) is 0. The van der Waals surface area contributed by atoms with Crippen LogP contribution in [-0.4, -0.2) is 51.7 Å². The van der Waals surface area contributed by atoms with Gasteiger partial charge in [0.15, 0.2) is 0 Å². The number of furan rings is 1. The lowest BCUT2D eigenvalue weighted by Gasteiger charge is -2.32. The van der Waals surface area contributed by atoms with Crippen LogP contribution in [-0.2, 0) is 11.2 Å². The van der Waals surface area contributed by atoms with E-state index in [1.165, 1.54) is 11.9 Å². The van der Waals surface area contributed by atoms with Gasteiger partial charge in [-0.3, -0.25) is 9.69 Å². The molecule has 0 saturated carbocycles. The van der Waals surface area contributed by atoms with E-state index in [0.717, 1.165) is 66.7 Å². The normalized spacial score (nSPS) is 16.3. The first-order valence-corrected chi connectivity index (χ1v) is 12.7. The Morgan fingerprint density at radius 2 is 1.92 bits per heavy atom. The minimum atomic E-state index is -0.753. The van der Waals surface area contributed by atoms with Crippen LogP contribution >= 0.6 is 0 Å². The number of carbonyl (C=O) groups is 1. The summed E-state index contributed by atoms with van der Waals surface area (Å²) in [4.78, 5) is 22.2. The van der Waals surface area contributed by atoms with E-state index in [-0.39, 0.29) is 12.5 Å². The number of carboxylic acid groups (broad SMARTS) is 1. The molecule has 0 radical (unpaired) electrons. The zero-order chi connectivity index (χ0) is 24.9. The fourth-order valence-corrected chi connectivity index (χ4v) is 4.90. The highest BCUT2D eigenvalue weighted by Gasteiger charge is 2.26. The number of fused-ring (bicyclic) bond motifs is 1. The van der Waals surface area contributed by atoms with Crippen LogP contribution in [0.3, 0.4) is 0 Å². The van der Waals surface area contributed by atoms with E-state index >= 15 is 0 Å². The minimum absolute atomic E-state index is 0.0351. The minimum Gasteiger partial charge on any atom is -0.481 e. The van der Waals surface area contributed by atoms with Crippen LogP contribution in [0.4, 0.5) is 0 Å². The van der Waals surface area contributed by atoms with Crippen molar-refractivity contribution in [2.75, 3.05) is 19.6 Å². The molecule has 2 aromatic carbocycles. The van der Waals surface area contributed by atoms with Crippen molar-refractivity contribution >= 4 is 17.1 Å². The fraction of sp³-hybridized carbons (Fsp3) is 0.345. The third kappa shape index (κ3) is 5.26. The molecule has 1 N–H and O–H groups in total. The van der Waals surface area contributed by atoms with Crippen LogP contribution in [0, 0.1) is 0 Å². The molecule has 0 aliphatic carbocycles. The summed E-state index contributed by atoms with van der Waals surface area (Å²) in [5.74, 6) is 0.522. The molecule has 0 spiro atoms. The molecule has 1 atom stereocenters. The highest BCUT2D eigenvalue weighted by atomic mass is 16.5. The molecular formula is C29H31N3O4. The summed E-state index contributed by atoms with van der Waals surface area (Å²) >= 11 is 0. The topological polar surface area (TPSA) is 88.7 Å². The van der Waals surface area contributed by atoms with E-state index < -0.39 is 5.97 Å². The van der Waals surface area contributed by atoms with Crippen molar-refractivity contribution in [3.63, 3.8) is 0 Å². The van der Waals surface area contributed by atoms with Crippen LogP contribution < -0.4 is 4.74 Å². The average Bonchev–Trinajstić information content (AvgIpc) is 3.30. The maximum atomic E-state index is 10.9. The predicted molar refractivity (Wildman–Crippen MR) is 139 cm³/mol. The van der Waals surface area contributed by atoms with Crippen molar-refractivity contribution in [2.24, 2.45) is 0 Å². The van der Waals surface area contributed by atoms with Gasteiger partial charge in [0.1, 0.15) is 23.6 Å². The number of aliphatic carboxylic acids is 1. The summed E-state index contributed by atoms with van der Waals surface area (Å²) in [6.07, 6.45) is 5.18. The van der Waals surface area contributed by atoms with Crippen LogP contribution in [0.2, 0.25) is 0 Å². The molecule has 3 heterocycles. The number of ether oxygens (including phenoxy) is 1. The molecule has 1 fully saturated rings. The van der Waals surface area contributed by atoms with Gasteiger partial charge in [0.25, 0.3) is 0 Å². The number of nitrogens with zero attached hydrogens (tertiary/aromatic N) is 3. The van der Waals surface area contributed by atoms with Crippen molar-refractivity contribution < 1.29 is 19.1 Å². The fourth-order valence-electron chi connectivity index (χ4n) is 4.90. The van der Waals surface area contributed by atoms with E-state index in [9.17, 15) is 4.79 Å². The van der Waals surface area contributed by atoms with Gasteiger partial charge in [-0.05, 0) is 49.9 Å². The Kier molecular flexibility index (Phi) is 7.28. The first-order valence-electron chi connectivity index (χ1n) is 12.7. The van der Waals surface area contributed by atoms with Crippen molar-refractivity contribution in [3.05, 3.63) is 66.5 Å². The van der Waals surface area contributed by atoms with Gasteiger partial charge in [-0.1, -0.05) is 61.5 Å². The zero-order valence-electron chi connectivity index (χ0n) is 20.5. The summed E-state index contributed by atoms with van der Waals surface area (Å²) in [5.41, 5.74) is 4.71. The summed E-state index contributed by atoms with van der Waals surface area (Å²) in [5, 5.41) is 9.74. The zero-order valence-corrected chi connectivity index (χ0v) is 20.5. The maximum absolute atomic E-state index is 10.9. The molecule has 7 heteroatoms. The SMILES string of the molecule is CCc1ccc(-c2c(-c3ccccc3)oc3ncnc(O[C@@H]4CCCN(CCCC(=O)O)C4)c23)cc1. The number of carboxylic acids is 1. The number of piperidine rings is 1. The maximum Gasteiger partial charge on any atom is 0.303 e. The van der Waals surface area contributed by atoms with Gasteiger partial charge < -0.3 is 14.3 Å². The quantitative estimate of drug-likeness (QED) is 0.319. The number of likely N-dealkylation sites (tertiary alicyclic amines) is 1. The van der Waals surface area contributed by atoms with Crippen molar-refractivity contribution in [1.29, 1.82) is 0 Å². The third-order valence-electron chi connectivity index (χ3n) is 6.75. The second-order valence-electron chi connectivity index (χ2n) is 9.26. The standard InChI is InChI=1S/C29H31N3O4/c1-2-20-12-14-21(15-13-20)25-26-28(35-23-10-6-16-32(18-23)17-7-11-24(33)34)30-19-31-29(26)36-27(25)22-8-4-3-5-9-22/h3-5,8-9,12-15,19,23H,2,6-7,10-11,16-18H2,1H3,(H,33,34)/t23-/m1/s1. The first kappa shape index (κ1) is 24.0.